The second-order valence-corrected chi connectivity index (χ2v) is 8.67. The first-order valence-electron chi connectivity index (χ1n) is 7.62. The highest BCUT2D eigenvalue weighted by molar-refractivity contribution is 9.11. The molecule has 1 N–H and O–H groups in total. The molecule has 19 heavy (non-hydrogen) atoms. The molecule has 1 saturated carbocycles. The molecule has 0 bridgehead atoms. The molecule has 1 nitrogen and oxygen atoms in total. The highest BCUT2D eigenvalue weighted by Gasteiger charge is 2.20. The minimum Gasteiger partial charge on any atom is -0.314 e. The summed E-state index contributed by atoms with van der Waals surface area (Å²) in [5.41, 5.74) is 0. The molecule has 1 fully saturated rings. The second kappa shape index (κ2) is 7.80. The Morgan fingerprint density at radius 3 is 2.79 bits per heavy atom. The van der Waals surface area contributed by atoms with E-state index in [-0.39, 0.29) is 0 Å². The van der Waals surface area contributed by atoms with E-state index in [2.05, 4.69) is 47.2 Å². The Balaban J connectivity index is 1.68. The van der Waals surface area contributed by atoms with Crippen molar-refractivity contribution in [1.82, 2.24) is 5.32 Å². The number of rotatable bonds is 5. The minimum atomic E-state index is 0.757. The molecular weight excluding hydrogens is 318 g/mol. The molecule has 0 aromatic carbocycles. The molecule has 1 heterocycles. The van der Waals surface area contributed by atoms with E-state index in [1.165, 1.54) is 47.2 Å². The van der Waals surface area contributed by atoms with Gasteiger partial charge >= 0.3 is 0 Å². The predicted molar refractivity (Wildman–Crippen MR) is 88.9 cm³/mol. The van der Waals surface area contributed by atoms with Gasteiger partial charge in [-0.1, -0.05) is 26.7 Å². The van der Waals surface area contributed by atoms with Crippen LogP contribution in [-0.4, -0.2) is 12.6 Å². The van der Waals surface area contributed by atoms with E-state index < -0.39 is 0 Å². The molecule has 2 atom stereocenters. The third-order valence-corrected chi connectivity index (χ3v) is 6.07. The Bertz CT molecular complexity index is 375. The Morgan fingerprint density at radius 2 is 2.11 bits per heavy atom. The Kier molecular flexibility index (Phi) is 6.37. The van der Waals surface area contributed by atoms with Gasteiger partial charge in [-0.15, -0.1) is 11.3 Å². The molecular formula is C16H26BrNS. The van der Waals surface area contributed by atoms with Crippen molar-refractivity contribution in [2.24, 2.45) is 11.8 Å². The Labute approximate surface area is 130 Å². The van der Waals surface area contributed by atoms with E-state index in [0.29, 0.717) is 0 Å². The zero-order chi connectivity index (χ0) is 13.7. The summed E-state index contributed by atoms with van der Waals surface area (Å²) in [4.78, 5) is 1.48. The van der Waals surface area contributed by atoms with Crippen molar-refractivity contribution in [2.45, 2.75) is 58.4 Å². The molecule has 108 valence electrons. The Hall–Kier alpha value is 0.140. The zero-order valence-corrected chi connectivity index (χ0v) is 14.5. The molecule has 2 unspecified atom stereocenters. The highest BCUT2D eigenvalue weighted by Crippen LogP contribution is 2.29. The first-order valence-corrected chi connectivity index (χ1v) is 9.23. The van der Waals surface area contributed by atoms with Crippen LogP contribution in [0.5, 0.6) is 0 Å². The zero-order valence-electron chi connectivity index (χ0n) is 12.1. The third kappa shape index (κ3) is 5.20. The topological polar surface area (TPSA) is 12.0 Å². The van der Waals surface area contributed by atoms with Crippen LogP contribution in [0.4, 0.5) is 0 Å². The molecule has 0 spiro atoms. The molecule has 1 aromatic heterocycles. The van der Waals surface area contributed by atoms with Gasteiger partial charge in [0, 0.05) is 17.5 Å². The van der Waals surface area contributed by atoms with Crippen LogP contribution in [0.25, 0.3) is 0 Å². The van der Waals surface area contributed by atoms with Crippen molar-refractivity contribution < 1.29 is 0 Å². The van der Waals surface area contributed by atoms with Gasteiger partial charge in [-0.2, -0.15) is 0 Å². The summed E-state index contributed by atoms with van der Waals surface area (Å²) in [5, 5.41) is 3.77. The summed E-state index contributed by atoms with van der Waals surface area (Å²) in [6, 6.07) is 5.14. The summed E-state index contributed by atoms with van der Waals surface area (Å²) >= 11 is 5.39. The van der Waals surface area contributed by atoms with Gasteiger partial charge in [0.15, 0.2) is 0 Å². The molecule has 0 aliphatic heterocycles. The molecule has 1 aromatic rings. The van der Waals surface area contributed by atoms with E-state index >= 15 is 0 Å². The van der Waals surface area contributed by atoms with Gasteiger partial charge in [-0.3, -0.25) is 0 Å². The quantitative estimate of drug-likeness (QED) is 0.720. The molecule has 0 amide bonds. The van der Waals surface area contributed by atoms with Gasteiger partial charge in [-0.25, -0.2) is 0 Å². The smallest absolute Gasteiger partial charge is 0.0701 e. The van der Waals surface area contributed by atoms with Crippen molar-refractivity contribution >= 4 is 27.3 Å². The van der Waals surface area contributed by atoms with E-state index in [0.717, 1.165) is 24.4 Å². The monoisotopic (exact) mass is 343 g/mol. The lowest BCUT2D eigenvalue weighted by Gasteiger charge is -2.19. The van der Waals surface area contributed by atoms with Crippen molar-refractivity contribution in [3.63, 3.8) is 0 Å². The first kappa shape index (κ1) is 15.5. The minimum absolute atomic E-state index is 0.757. The van der Waals surface area contributed by atoms with Crippen LogP contribution in [0.3, 0.4) is 0 Å². The molecule has 1 aliphatic carbocycles. The molecule has 1 aliphatic rings. The van der Waals surface area contributed by atoms with Crippen LogP contribution >= 0.6 is 27.3 Å². The van der Waals surface area contributed by atoms with Crippen molar-refractivity contribution in [3.8, 4) is 0 Å². The number of hydrogen-bond acceptors (Lipinski definition) is 2. The first-order chi connectivity index (χ1) is 9.15. The van der Waals surface area contributed by atoms with Gasteiger partial charge in [0.05, 0.1) is 3.79 Å². The van der Waals surface area contributed by atoms with Gasteiger partial charge in [-0.05, 0) is 65.6 Å². The fourth-order valence-corrected chi connectivity index (χ4v) is 4.57. The third-order valence-electron chi connectivity index (χ3n) is 4.39. The lowest BCUT2D eigenvalue weighted by atomic mass is 9.89. The van der Waals surface area contributed by atoms with Gasteiger partial charge in [0.2, 0.25) is 0 Å². The van der Waals surface area contributed by atoms with Crippen molar-refractivity contribution in [2.75, 3.05) is 6.54 Å². The van der Waals surface area contributed by atoms with E-state index in [1.807, 2.05) is 11.3 Å². The highest BCUT2D eigenvalue weighted by atomic mass is 79.9. The van der Waals surface area contributed by atoms with E-state index in [1.54, 1.807) is 0 Å². The van der Waals surface area contributed by atoms with Crippen LogP contribution < -0.4 is 5.32 Å². The Morgan fingerprint density at radius 1 is 1.26 bits per heavy atom. The van der Waals surface area contributed by atoms with Gasteiger partial charge in [0.1, 0.15) is 0 Å². The van der Waals surface area contributed by atoms with Gasteiger partial charge < -0.3 is 5.32 Å². The maximum absolute atomic E-state index is 3.77. The number of halogens is 1. The molecule has 2 rings (SSSR count). The summed E-state index contributed by atoms with van der Waals surface area (Å²) < 4.78 is 1.25. The fraction of sp³-hybridized carbons (Fsp3) is 0.750. The molecule has 0 saturated heterocycles. The predicted octanol–water partition coefficient (Wildman–Crippen LogP) is 5.25. The standard InChI is InChI=1S/C16H26BrNS/c1-12(2)13-4-3-5-14(7-6-13)18-11-10-15-8-9-16(17)19-15/h8-9,12-14,18H,3-7,10-11H2,1-2H3. The summed E-state index contributed by atoms with van der Waals surface area (Å²) in [6.07, 6.45) is 8.17. The maximum atomic E-state index is 3.77. The number of hydrogen-bond donors (Lipinski definition) is 1. The summed E-state index contributed by atoms with van der Waals surface area (Å²) in [6.45, 7) is 5.89. The average Bonchev–Trinajstić information content (AvgIpc) is 2.64. The van der Waals surface area contributed by atoms with E-state index in [4.69, 9.17) is 0 Å². The average molecular weight is 344 g/mol. The second-order valence-electron chi connectivity index (χ2n) is 6.12. The van der Waals surface area contributed by atoms with E-state index in [9.17, 15) is 0 Å². The van der Waals surface area contributed by atoms with Crippen LogP contribution in [0.2, 0.25) is 0 Å². The number of thiophene rings is 1. The largest absolute Gasteiger partial charge is 0.314 e. The van der Waals surface area contributed by atoms with Crippen LogP contribution in [0, 0.1) is 11.8 Å². The van der Waals surface area contributed by atoms with Crippen LogP contribution in [-0.2, 0) is 6.42 Å². The normalized spacial score (nSPS) is 24.6. The van der Waals surface area contributed by atoms with Gasteiger partial charge in [0.25, 0.3) is 0 Å². The molecule has 0 radical (unpaired) electrons. The summed E-state index contributed by atoms with van der Waals surface area (Å²) in [5.74, 6) is 1.82. The molecule has 3 heteroatoms. The SMILES string of the molecule is CC(C)C1CCCC(NCCc2ccc(Br)s2)CC1. The lowest BCUT2D eigenvalue weighted by Crippen LogP contribution is -2.30. The summed E-state index contributed by atoms with van der Waals surface area (Å²) in [7, 11) is 0. The number of nitrogens with one attached hydrogen (secondary N) is 1. The maximum Gasteiger partial charge on any atom is 0.0701 e. The van der Waals surface area contributed by atoms with Crippen LogP contribution in [0.15, 0.2) is 15.9 Å². The van der Waals surface area contributed by atoms with Crippen LogP contribution in [0.1, 0.15) is 50.8 Å². The van der Waals surface area contributed by atoms with Crippen molar-refractivity contribution in [3.05, 3.63) is 20.8 Å². The van der Waals surface area contributed by atoms with Crippen molar-refractivity contribution in [1.29, 1.82) is 0 Å². The fourth-order valence-electron chi connectivity index (χ4n) is 3.09. The lowest BCUT2D eigenvalue weighted by molar-refractivity contribution is 0.338.